The Morgan fingerprint density at radius 3 is 2.37 bits per heavy atom. The first-order valence-electron chi connectivity index (χ1n) is 6.00. The van der Waals surface area contributed by atoms with Crippen molar-refractivity contribution in [3.8, 4) is 0 Å². The minimum absolute atomic E-state index is 0.0247. The van der Waals surface area contributed by atoms with Crippen LogP contribution in [-0.2, 0) is 0 Å². The molecule has 4 heteroatoms. The van der Waals surface area contributed by atoms with Crippen LogP contribution in [0.3, 0.4) is 0 Å². The standard InChI is InChI=1S/C15H9N3O/c19-14-10-5-1-2-6-11(10)15-17-16-9-18(15)13-8-4-3-7-12(13)14/h1-9H. The number of benzene rings is 2. The normalized spacial score (nSPS) is 11.4. The van der Waals surface area contributed by atoms with Gasteiger partial charge in [-0.3, -0.25) is 9.20 Å². The molecule has 0 unspecified atom stereocenters. The van der Waals surface area contributed by atoms with Crippen molar-refractivity contribution in [3.05, 3.63) is 65.1 Å². The van der Waals surface area contributed by atoms with Crippen LogP contribution in [0.4, 0.5) is 0 Å². The fourth-order valence-electron chi connectivity index (χ4n) is 2.49. The van der Waals surface area contributed by atoms with E-state index >= 15 is 0 Å². The summed E-state index contributed by atoms with van der Waals surface area (Å²) in [6.07, 6.45) is 1.64. The molecule has 0 saturated heterocycles. The van der Waals surface area contributed by atoms with Crippen LogP contribution in [-0.4, -0.2) is 14.6 Å². The van der Waals surface area contributed by atoms with Gasteiger partial charge in [-0.15, -0.1) is 10.2 Å². The van der Waals surface area contributed by atoms with Gasteiger partial charge in [-0.1, -0.05) is 36.4 Å². The highest BCUT2D eigenvalue weighted by atomic mass is 16.1. The van der Waals surface area contributed by atoms with E-state index in [-0.39, 0.29) is 5.43 Å². The highest BCUT2D eigenvalue weighted by molar-refractivity contribution is 5.99. The summed E-state index contributed by atoms with van der Waals surface area (Å²) in [5.41, 5.74) is 1.55. The van der Waals surface area contributed by atoms with Gasteiger partial charge in [-0.25, -0.2) is 0 Å². The van der Waals surface area contributed by atoms with E-state index in [2.05, 4.69) is 10.2 Å². The predicted octanol–water partition coefficient (Wildman–Crippen LogP) is 2.40. The number of para-hydroxylation sites is 1. The van der Waals surface area contributed by atoms with E-state index in [1.807, 2.05) is 52.9 Å². The molecule has 0 aliphatic rings. The van der Waals surface area contributed by atoms with E-state index in [9.17, 15) is 4.79 Å². The zero-order chi connectivity index (χ0) is 12.8. The van der Waals surface area contributed by atoms with E-state index < -0.39 is 0 Å². The lowest BCUT2D eigenvalue weighted by Crippen LogP contribution is -1.98. The molecule has 4 rings (SSSR count). The highest BCUT2D eigenvalue weighted by Crippen LogP contribution is 2.19. The summed E-state index contributed by atoms with van der Waals surface area (Å²) in [7, 11) is 0. The average molecular weight is 247 g/mol. The largest absolute Gasteiger partial charge is 0.289 e. The zero-order valence-corrected chi connectivity index (χ0v) is 9.95. The molecule has 2 heterocycles. The van der Waals surface area contributed by atoms with Crippen LogP contribution < -0.4 is 5.43 Å². The van der Waals surface area contributed by atoms with Gasteiger partial charge in [-0.2, -0.15) is 0 Å². The molecule has 19 heavy (non-hydrogen) atoms. The third-order valence-corrected chi connectivity index (χ3v) is 3.37. The van der Waals surface area contributed by atoms with Gasteiger partial charge in [0.25, 0.3) is 0 Å². The monoisotopic (exact) mass is 247 g/mol. The van der Waals surface area contributed by atoms with Gasteiger partial charge >= 0.3 is 0 Å². The second kappa shape index (κ2) is 3.62. The first-order valence-corrected chi connectivity index (χ1v) is 6.00. The van der Waals surface area contributed by atoms with Crippen molar-refractivity contribution in [1.29, 1.82) is 0 Å². The van der Waals surface area contributed by atoms with E-state index in [1.165, 1.54) is 0 Å². The van der Waals surface area contributed by atoms with Crippen molar-refractivity contribution in [1.82, 2.24) is 14.6 Å². The second-order valence-corrected chi connectivity index (χ2v) is 4.42. The van der Waals surface area contributed by atoms with Crippen molar-refractivity contribution in [2.24, 2.45) is 0 Å². The van der Waals surface area contributed by atoms with E-state index in [0.717, 1.165) is 10.9 Å². The van der Waals surface area contributed by atoms with Crippen LogP contribution in [0.5, 0.6) is 0 Å². The highest BCUT2D eigenvalue weighted by Gasteiger charge is 2.08. The quantitative estimate of drug-likeness (QED) is 0.479. The molecule has 0 fully saturated rings. The summed E-state index contributed by atoms with van der Waals surface area (Å²) < 4.78 is 1.86. The molecule has 0 aliphatic carbocycles. The molecule has 0 saturated carbocycles. The molecule has 0 atom stereocenters. The Morgan fingerprint density at radius 1 is 0.842 bits per heavy atom. The van der Waals surface area contributed by atoms with Crippen molar-refractivity contribution in [2.75, 3.05) is 0 Å². The third kappa shape index (κ3) is 1.31. The average Bonchev–Trinajstić information content (AvgIpc) is 2.92. The fourth-order valence-corrected chi connectivity index (χ4v) is 2.49. The van der Waals surface area contributed by atoms with Gasteiger partial charge in [0, 0.05) is 16.2 Å². The number of hydrogen-bond acceptors (Lipinski definition) is 3. The molecule has 0 aliphatic heterocycles. The lowest BCUT2D eigenvalue weighted by atomic mass is 10.1. The van der Waals surface area contributed by atoms with Crippen LogP contribution in [0.25, 0.3) is 27.3 Å². The number of fused-ring (bicyclic) bond motifs is 5. The summed E-state index contributed by atoms with van der Waals surface area (Å²) in [6, 6.07) is 15.0. The Kier molecular flexibility index (Phi) is 1.94. The van der Waals surface area contributed by atoms with Gasteiger partial charge in [0.1, 0.15) is 6.33 Å². The van der Waals surface area contributed by atoms with Gasteiger partial charge in [0.15, 0.2) is 11.1 Å². The maximum atomic E-state index is 12.6. The Bertz CT molecular complexity index is 912. The van der Waals surface area contributed by atoms with E-state index in [4.69, 9.17) is 0 Å². The fraction of sp³-hybridized carbons (Fsp3) is 0. The molecule has 4 aromatic rings. The van der Waals surface area contributed by atoms with Crippen molar-refractivity contribution in [3.63, 3.8) is 0 Å². The SMILES string of the molecule is O=c1c2ccccc2c2nncn2c2ccccc12. The summed E-state index contributed by atoms with van der Waals surface area (Å²) in [5, 5.41) is 10.3. The van der Waals surface area contributed by atoms with Crippen molar-refractivity contribution >= 4 is 27.3 Å². The van der Waals surface area contributed by atoms with Crippen LogP contribution in [0.2, 0.25) is 0 Å². The molecule has 0 bridgehead atoms. The lowest BCUT2D eigenvalue weighted by Gasteiger charge is -1.93. The predicted molar refractivity (Wildman–Crippen MR) is 74.3 cm³/mol. The molecule has 0 radical (unpaired) electrons. The van der Waals surface area contributed by atoms with Crippen molar-refractivity contribution in [2.45, 2.75) is 0 Å². The molecule has 2 aromatic heterocycles. The molecule has 90 valence electrons. The number of nitrogens with zero attached hydrogens (tertiary/aromatic N) is 3. The van der Waals surface area contributed by atoms with E-state index in [0.29, 0.717) is 16.4 Å². The molecular formula is C15H9N3O. The topological polar surface area (TPSA) is 47.3 Å². The second-order valence-electron chi connectivity index (χ2n) is 4.42. The molecule has 0 N–H and O–H groups in total. The Hall–Kier alpha value is -2.75. The van der Waals surface area contributed by atoms with Crippen LogP contribution >= 0.6 is 0 Å². The van der Waals surface area contributed by atoms with Gasteiger partial charge < -0.3 is 0 Å². The summed E-state index contributed by atoms with van der Waals surface area (Å²) >= 11 is 0. The zero-order valence-electron chi connectivity index (χ0n) is 9.95. The minimum Gasteiger partial charge on any atom is -0.289 e. The Morgan fingerprint density at radius 2 is 1.53 bits per heavy atom. The summed E-state index contributed by atoms with van der Waals surface area (Å²) in [6.45, 7) is 0. The number of rotatable bonds is 0. The van der Waals surface area contributed by atoms with Gasteiger partial charge in [-0.05, 0) is 12.1 Å². The lowest BCUT2D eigenvalue weighted by molar-refractivity contribution is 1.11. The maximum Gasteiger partial charge on any atom is 0.195 e. The molecule has 2 aromatic carbocycles. The summed E-state index contributed by atoms with van der Waals surface area (Å²) in [5.74, 6) is 0. The Labute approximate surface area is 107 Å². The van der Waals surface area contributed by atoms with Crippen LogP contribution in [0.15, 0.2) is 59.7 Å². The minimum atomic E-state index is 0.0247. The first-order chi connectivity index (χ1) is 9.36. The number of hydrogen-bond donors (Lipinski definition) is 0. The smallest absolute Gasteiger partial charge is 0.195 e. The third-order valence-electron chi connectivity index (χ3n) is 3.37. The van der Waals surface area contributed by atoms with Crippen molar-refractivity contribution < 1.29 is 0 Å². The Balaban J connectivity index is 2.55. The molecule has 4 nitrogen and oxygen atoms in total. The molecule has 0 spiro atoms. The first kappa shape index (κ1) is 10.2. The van der Waals surface area contributed by atoms with Crippen LogP contribution in [0.1, 0.15) is 0 Å². The maximum absolute atomic E-state index is 12.6. The van der Waals surface area contributed by atoms with Crippen LogP contribution in [0, 0.1) is 0 Å². The van der Waals surface area contributed by atoms with Gasteiger partial charge in [0.2, 0.25) is 0 Å². The molecule has 0 amide bonds. The molecular weight excluding hydrogens is 238 g/mol. The van der Waals surface area contributed by atoms with Gasteiger partial charge in [0.05, 0.1) is 5.52 Å². The number of aromatic nitrogens is 3. The summed E-state index contributed by atoms with van der Waals surface area (Å²) in [4.78, 5) is 12.6. The van der Waals surface area contributed by atoms with E-state index in [1.54, 1.807) is 6.33 Å².